The molecule has 3 rings (SSSR count). The van der Waals surface area contributed by atoms with Gasteiger partial charge in [0.2, 0.25) is 11.7 Å². The molecule has 0 bridgehead atoms. The number of aromatic nitrogens is 3. The van der Waals surface area contributed by atoms with Gasteiger partial charge in [-0.2, -0.15) is 4.98 Å². The summed E-state index contributed by atoms with van der Waals surface area (Å²) in [4.78, 5) is 33.7. The number of nitrogens with zero attached hydrogens (tertiary/aromatic N) is 3. The third-order valence-corrected chi connectivity index (χ3v) is 4.35. The van der Waals surface area contributed by atoms with Gasteiger partial charge in [0, 0.05) is 18.3 Å². The molecule has 1 N–H and O–H groups in total. The standard InChI is InChI=1S/C20H22N4O4/c1-5-27-20(26)16-12(2)17(21-13(16)3)19(25)24(4)11-15-22-18(23-28-15)14-9-7-6-8-10-14/h6-10,21H,5,11H2,1-4H3. The highest BCUT2D eigenvalue weighted by Gasteiger charge is 2.25. The van der Waals surface area contributed by atoms with E-state index in [1.54, 1.807) is 27.8 Å². The van der Waals surface area contributed by atoms with Gasteiger partial charge in [-0.1, -0.05) is 35.5 Å². The first-order valence-electron chi connectivity index (χ1n) is 8.92. The zero-order chi connectivity index (χ0) is 20.3. The molecule has 8 heteroatoms. The summed E-state index contributed by atoms with van der Waals surface area (Å²) in [5.74, 6) is 0.0599. The zero-order valence-corrected chi connectivity index (χ0v) is 16.3. The predicted octanol–water partition coefficient (Wildman–Crippen LogP) is 3.13. The van der Waals surface area contributed by atoms with Gasteiger partial charge in [0.25, 0.3) is 5.91 Å². The van der Waals surface area contributed by atoms with Crippen LogP contribution in [0.2, 0.25) is 0 Å². The van der Waals surface area contributed by atoms with Gasteiger partial charge in [0.1, 0.15) is 12.2 Å². The quantitative estimate of drug-likeness (QED) is 0.657. The van der Waals surface area contributed by atoms with Crippen molar-refractivity contribution < 1.29 is 18.8 Å². The van der Waals surface area contributed by atoms with E-state index < -0.39 is 5.97 Å². The Balaban J connectivity index is 1.76. The molecule has 0 fully saturated rings. The number of benzene rings is 1. The van der Waals surface area contributed by atoms with E-state index in [0.717, 1.165) is 5.56 Å². The molecule has 1 amide bonds. The second kappa shape index (κ2) is 8.08. The van der Waals surface area contributed by atoms with Crippen LogP contribution in [0.4, 0.5) is 0 Å². The van der Waals surface area contributed by atoms with E-state index in [1.165, 1.54) is 4.90 Å². The van der Waals surface area contributed by atoms with Gasteiger partial charge in [-0.25, -0.2) is 4.79 Å². The number of ether oxygens (including phenoxy) is 1. The molecule has 0 saturated heterocycles. The molecule has 2 aromatic heterocycles. The summed E-state index contributed by atoms with van der Waals surface area (Å²) in [5, 5.41) is 3.96. The summed E-state index contributed by atoms with van der Waals surface area (Å²) >= 11 is 0. The number of amides is 1. The number of aryl methyl sites for hydroxylation is 1. The molecule has 146 valence electrons. The molecule has 1 aromatic carbocycles. The number of aromatic amines is 1. The van der Waals surface area contributed by atoms with Crippen molar-refractivity contribution in [2.45, 2.75) is 27.3 Å². The molecule has 0 aliphatic heterocycles. The maximum absolute atomic E-state index is 12.8. The minimum absolute atomic E-state index is 0.144. The second-order valence-electron chi connectivity index (χ2n) is 6.38. The van der Waals surface area contributed by atoms with Crippen LogP contribution in [0.3, 0.4) is 0 Å². The van der Waals surface area contributed by atoms with E-state index in [1.807, 2.05) is 30.3 Å². The topological polar surface area (TPSA) is 101 Å². The Kier molecular flexibility index (Phi) is 5.58. The van der Waals surface area contributed by atoms with Crippen molar-refractivity contribution >= 4 is 11.9 Å². The van der Waals surface area contributed by atoms with Crippen LogP contribution < -0.4 is 0 Å². The van der Waals surface area contributed by atoms with Gasteiger partial charge in [-0.05, 0) is 26.3 Å². The van der Waals surface area contributed by atoms with E-state index in [-0.39, 0.29) is 19.1 Å². The van der Waals surface area contributed by atoms with Crippen LogP contribution in [-0.4, -0.2) is 45.6 Å². The molecule has 0 aliphatic rings. The van der Waals surface area contributed by atoms with Crippen LogP contribution in [0.1, 0.15) is 44.9 Å². The molecule has 0 atom stereocenters. The lowest BCUT2D eigenvalue weighted by Gasteiger charge is -2.14. The maximum atomic E-state index is 12.8. The Morgan fingerprint density at radius 2 is 1.93 bits per heavy atom. The zero-order valence-electron chi connectivity index (χ0n) is 16.3. The molecule has 0 radical (unpaired) electrons. The van der Waals surface area contributed by atoms with Gasteiger partial charge in [-0.15, -0.1) is 0 Å². The van der Waals surface area contributed by atoms with Crippen LogP contribution in [0.15, 0.2) is 34.9 Å². The summed E-state index contributed by atoms with van der Waals surface area (Å²) in [5.41, 5.74) is 2.72. The molecule has 3 aromatic rings. The molecule has 0 spiro atoms. The third kappa shape index (κ3) is 3.80. The third-order valence-electron chi connectivity index (χ3n) is 4.35. The summed E-state index contributed by atoms with van der Waals surface area (Å²) in [6.07, 6.45) is 0. The van der Waals surface area contributed by atoms with Crippen LogP contribution in [0, 0.1) is 13.8 Å². The van der Waals surface area contributed by atoms with Crippen molar-refractivity contribution in [1.29, 1.82) is 0 Å². The lowest BCUT2D eigenvalue weighted by Crippen LogP contribution is -2.27. The summed E-state index contributed by atoms with van der Waals surface area (Å²) in [6, 6.07) is 9.44. The van der Waals surface area contributed by atoms with E-state index in [0.29, 0.717) is 34.2 Å². The number of hydrogen-bond donors (Lipinski definition) is 1. The predicted molar refractivity (Wildman–Crippen MR) is 102 cm³/mol. The molecular weight excluding hydrogens is 360 g/mol. The van der Waals surface area contributed by atoms with E-state index >= 15 is 0 Å². The fraction of sp³-hybridized carbons (Fsp3) is 0.300. The molecular formula is C20H22N4O4. The Bertz CT molecular complexity index is 991. The molecule has 0 unspecified atom stereocenters. The van der Waals surface area contributed by atoms with Gasteiger partial charge >= 0.3 is 5.97 Å². The van der Waals surface area contributed by atoms with Crippen LogP contribution in [0.5, 0.6) is 0 Å². The minimum Gasteiger partial charge on any atom is -0.462 e. The first-order valence-corrected chi connectivity index (χ1v) is 8.92. The number of esters is 1. The fourth-order valence-electron chi connectivity index (χ4n) is 2.96. The van der Waals surface area contributed by atoms with Crippen LogP contribution >= 0.6 is 0 Å². The molecule has 28 heavy (non-hydrogen) atoms. The highest BCUT2D eigenvalue weighted by atomic mass is 16.5. The van der Waals surface area contributed by atoms with Crippen molar-refractivity contribution in [3.8, 4) is 11.4 Å². The highest BCUT2D eigenvalue weighted by molar-refractivity contribution is 6.00. The lowest BCUT2D eigenvalue weighted by molar-refractivity contribution is 0.0525. The van der Waals surface area contributed by atoms with Crippen molar-refractivity contribution in [3.63, 3.8) is 0 Å². The smallest absolute Gasteiger partial charge is 0.340 e. The van der Waals surface area contributed by atoms with Gasteiger partial charge in [0.15, 0.2) is 0 Å². The van der Waals surface area contributed by atoms with E-state index in [2.05, 4.69) is 15.1 Å². The van der Waals surface area contributed by atoms with Gasteiger partial charge in [-0.3, -0.25) is 4.79 Å². The number of hydrogen-bond acceptors (Lipinski definition) is 6. The summed E-state index contributed by atoms with van der Waals surface area (Å²) < 4.78 is 10.3. The normalized spacial score (nSPS) is 10.7. The van der Waals surface area contributed by atoms with E-state index in [9.17, 15) is 9.59 Å². The second-order valence-corrected chi connectivity index (χ2v) is 6.38. The number of carbonyl (C=O) groups is 2. The SMILES string of the molecule is CCOC(=O)c1c(C)[nH]c(C(=O)N(C)Cc2nc(-c3ccccc3)no2)c1C. The minimum atomic E-state index is -0.445. The summed E-state index contributed by atoms with van der Waals surface area (Å²) in [6.45, 7) is 5.61. The fourth-order valence-corrected chi connectivity index (χ4v) is 2.96. The maximum Gasteiger partial charge on any atom is 0.340 e. The lowest BCUT2D eigenvalue weighted by atomic mass is 10.1. The number of carbonyl (C=O) groups excluding carboxylic acids is 2. The first kappa shape index (κ1) is 19.3. The van der Waals surface area contributed by atoms with Crippen molar-refractivity contribution in [1.82, 2.24) is 20.0 Å². The molecule has 0 aliphatic carbocycles. The molecule has 2 heterocycles. The van der Waals surface area contributed by atoms with Crippen molar-refractivity contribution in [2.24, 2.45) is 0 Å². The Hall–Kier alpha value is -3.42. The average Bonchev–Trinajstić information content (AvgIpc) is 3.26. The van der Waals surface area contributed by atoms with Crippen LogP contribution in [0.25, 0.3) is 11.4 Å². The molecule has 8 nitrogen and oxygen atoms in total. The Morgan fingerprint density at radius 1 is 1.21 bits per heavy atom. The summed E-state index contributed by atoms with van der Waals surface area (Å²) in [7, 11) is 1.63. The molecule has 0 saturated carbocycles. The largest absolute Gasteiger partial charge is 0.462 e. The first-order chi connectivity index (χ1) is 13.4. The number of nitrogens with one attached hydrogen (secondary N) is 1. The Morgan fingerprint density at radius 3 is 2.61 bits per heavy atom. The monoisotopic (exact) mass is 382 g/mol. The van der Waals surface area contributed by atoms with Crippen LogP contribution in [-0.2, 0) is 11.3 Å². The van der Waals surface area contributed by atoms with Gasteiger partial charge in [0.05, 0.1) is 12.2 Å². The average molecular weight is 382 g/mol. The van der Waals surface area contributed by atoms with E-state index in [4.69, 9.17) is 9.26 Å². The van der Waals surface area contributed by atoms with Gasteiger partial charge < -0.3 is 19.1 Å². The van der Waals surface area contributed by atoms with Crippen molar-refractivity contribution in [3.05, 3.63) is 58.7 Å². The number of H-pyrrole nitrogens is 1. The highest BCUT2D eigenvalue weighted by Crippen LogP contribution is 2.21. The number of rotatable bonds is 6. The van der Waals surface area contributed by atoms with Crippen molar-refractivity contribution in [2.75, 3.05) is 13.7 Å². The Labute approximate surface area is 162 Å².